The molecular weight excluding hydrogens is 273 g/mol. The summed E-state index contributed by atoms with van der Waals surface area (Å²) in [6.45, 7) is 15.6. The second-order valence-electron chi connectivity index (χ2n) is 6.40. The van der Waals surface area contributed by atoms with E-state index in [0.29, 0.717) is 31.3 Å². The van der Waals surface area contributed by atoms with Gasteiger partial charge in [0.25, 0.3) is 0 Å². The zero-order chi connectivity index (χ0) is 15.6. The first-order valence-electron chi connectivity index (χ1n) is 8.04. The van der Waals surface area contributed by atoms with E-state index in [1.165, 1.54) is 4.90 Å². The lowest BCUT2D eigenvalue weighted by atomic mass is 10.2. The topological polar surface area (TPSA) is 40.0 Å². The molecular formula is C15H35NO3P+. The van der Waals surface area contributed by atoms with Gasteiger partial charge in [-0.2, -0.15) is 0 Å². The van der Waals surface area contributed by atoms with Gasteiger partial charge in [-0.25, -0.2) is 0 Å². The summed E-state index contributed by atoms with van der Waals surface area (Å²) in [4.78, 5) is 1.32. The molecule has 0 aliphatic rings. The molecule has 0 bridgehead atoms. The van der Waals surface area contributed by atoms with Crippen LogP contribution in [0.2, 0.25) is 0 Å². The summed E-state index contributed by atoms with van der Waals surface area (Å²) in [5.41, 5.74) is 0. The van der Waals surface area contributed by atoms with Crippen molar-refractivity contribution in [2.45, 2.75) is 54.4 Å². The maximum absolute atomic E-state index is 12.9. The molecule has 122 valence electrons. The second kappa shape index (κ2) is 10.8. The molecule has 5 heteroatoms. The molecule has 0 saturated carbocycles. The van der Waals surface area contributed by atoms with E-state index in [2.05, 4.69) is 41.5 Å². The summed E-state index contributed by atoms with van der Waals surface area (Å²) in [6.07, 6.45) is 2.67. The summed E-state index contributed by atoms with van der Waals surface area (Å²) in [5.74, 6) is 0.735. The fourth-order valence-corrected chi connectivity index (χ4v) is 4.09. The lowest BCUT2D eigenvalue weighted by Gasteiger charge is -2.25. The van der Waals surface area contributed by atoms with Crippen LogP contribution < -0.4 is 4.90 Å². The molecule has 0 aliphatic carbocycles. The largest absolute Gasteiger partial charge is 0.384 e. The number of quaternary nitrogens is 1. The highest BCUT2D eigenvalue weighted by Crippen LogP contribution is 2.46. The Kier molecular flexibility index (Phi) is 10.8. The third-order valence-electron chi connectivity index (χ3n) is 2.83. The van der Waals surface area contributed by atoms with E-state index in [1.54, 1.807) is 0 Å². The normalized spacial score (nSPS) is 12.8. The standard InChI is InChI=1S/C15H34NO3P/c1-7-9-16(10-8-2)13-20(17,18-11-14(3)4)19-12-15(5)6/h14-15H,7-13H2,1-6H3/p+1. The van der Waals surface area contributed by atoms with Gasteiger partial charge in [-0.3, -0.25) is 4.57 Å². The van der Waals surface area contributed by atoms with Crippen molar-refractivity contribution in [3.63, 3.8) is 0 Å². The van der Waals surface area contributed by atoms with Crippen LogP contribution in [-0.2, 0) is 13.6 Å². The Balaban J connectivity index is 4.65. The minimum atomic E-state index is -2.98. The van der Waals surface area contributed by atoms with Gasteiger partial charge in [0.1, 0.15) is 0 Å². The van der Waals surface area contributed by atoms with Crippen molar-refractivity contribution in [1.29, 1.82) is 0 Å². The highest BCUT2D eigenvalue weighted by molar-refractivity contribution is 7.53. The number of rotatable bonds is 12. The molecule has 4 nitrogen and oxygen atoms in total. The lowest BCUT2D eigenvalue weighted by molar-refractivity contribution is -0.889. The number of hydrogen-bond donors (Lipinski definition) is 1. The maximum Gasteiger partial charge on any atom is 0.384 e. The Morgan fingerprint density at radius 1 is 0.900 bits per heavy atom. The molecule has 0 heterocycles. The minimum Gasteiger partial charge on any atom is -0.325 e. The van der Waals surface area contributed by atoms with Gasteiger partial charge in [-0.05, 0) is 24.7 Å². The smallest absolute Gasteiger partial charge is 0.325 e. The van der Waals surface area contributed by atoms with Crippen LogP contribution in [0.1, 0.15) is 54.4 Å². The van der Waals surface area contributed by atoms with Gasteiger partial charge in [0.2, 0.25) is 0 Å². The minimum absolute atomic E-state index is 0.367. The Morgan fingerprint density at radius 3 is 1.60 bits per heavy atom. The first kappa shape index (κ1) is 20.1. The van der Waals surface area contributed by atoms with E-state index >= 15 is 0 Å². The average Bonchev–Trinajstić information content (AvgIpc) is 2.35. The van der Waals surface area contributed by atoms with Gasteiger partial charge in [0.05, 0.1) is 26.3 Å². The molecule has 0 aromatic carbocycles. The predicted molar refractivity (Wildman–Crippen MR) is 85.3 cm³/mol. The third kappa shape index (κ3) is 9.93. The fraction of sp³-hybridized carbons (Fsp3) is 1.00. The summed E-state index contributed by atoms with van der Waals surface area (Å²) < 4.78 is 24.3. The highest BCUT2D eigenvalue weighted by Gasteiger charge is 2.31. The first-order chi connectivity index (χ1) is 9.33. The van der Waals surface area contributed by atoms with Gasteiger partial charge in [-0.1, -0.05) is 41.5 Å². The van der Waals surface area contributed by atoms with Gasteiger partial charge in [0.15, 0.2) is 6.29 Å². The molecule has 0 aromatic rings. The van der Waals surface area contributed by atoms with Crippen LogP contribution in [0.4, 0.5) is 0 Å². The third-order valence-corrected chi connectivity index (χ3v) is 4.75. The van der Waals surface area contributed by atoms with E-state index in [0.717, 1.165) is 25.9 Å². The molecule has 0 rings (SSSR count). The van der Waals surface area contributed by atoms with Crippen LogP contribution in [0.15, 0.2) is 0 Å². The van der Waals surface area contributed by atoms with Crippen LogP contribution in [-0.4, -0.2) is 32.6 Å². The van der Waals surface area contributed by atoms with Crippen molar-refractivity contribution < 1.29 is 18.5 Å². The summed E-state index contributed by atoms with van der Waals surface area (Å²) in [7, 11) is -2.98. The van der Waals surface area contributed by atoms with Gasteiger partial charge < -0.3 is 13.9 Å². The van der Waals surface area contributed by atoms with Crippen molar-refractivity contribution >= 4 is 7.60 Å². The lowest BCUT2D eigenvalue weighted by Crippen LogP contribution is -3.11. The van der Waals surface area contributed by atoms with Crippen LogP contribution >= 0.6 is 7.60 Å². The van der Waals surface area contributed by atoms with Gasteiger partial charge >= 0.3 is 7.60 Å². The molecule has 0 unspecified atom stereocenters. The van der Waals surface area contributed by atoms with E-state index < -0.39 is 7.60 Å². The van der Waals surface area contributed by atoms with Crippen LogP contribution in [0, 0.1) is 11.8 Å². The quantitative estimate of drug-likeness (QED) is 0.563. The monoisotopic (exact) mass is 308 g/mol. The Bertz CT molecular complexity index is 260. The molecule has 0 saturated heterocycles. The summed E-state index contributed by atoms with van der Waals surface area (Å²) in [5, 5.41) is 0. The van der Waals surface area contributed by atoms with E-state index in [9.17, 15) is 4.57 Å². The van der Waals surface area contributed by atoms with Crippen LogP contribution in [0.5, 0.6) is 0 Å². The van der Waals surface area contributed by atoms with Crippen molar-refractivity contribution in [3.05, 3.63) is 0 Å². The maximum atomic E-state index is 12.9. The summed E-state index contributed by atoms with van der Waals surface area (Å²) in [6, 6.07) is 0. The van der Waals surface area contributed by atoms with Crippen LogP contribution in [0.3, 0.4) is 0 Å². The molecule has 0 radical (unpaired) electrons. The fourth-order valence-electron chi connectivity index (χ4n) is 1.92. The van der Waals surface area contributed by atoms with Crippen LogP contribution in [0.25, 0.3) is 0 Å². The Labute approximate surface area is 125 Å². The molecule has 0 fully saturated rings. The van der Waals surface area contributed by atoms with Gasteiger partial charge in [-0.15, -0.1) is 0 Å². The van der Waals surface area contributed by atoms with Crippen molar-refractivity contribution in [1.82, 2.24) is 0 Å². The second-order valence-corrected chi connectivity index (χ2v) is 8.45. The molecule has 1 N–H and O–H groups in total. The molecule has 0 aliphatic heterocycles. The van der Waals surface area contributed by atoms with E-state index in [1.807, 2.05) is 0 Å². The Hall–Kier alpha value is 0.110. The molecule has 0 amide bonds. The Morgan fingerprint density at radius 2 is 1.30 bits per heavy atom. The molecule has 20 heavy (non-hydrogen) atoms. The van der Waals surface area contributed by atoms with E-state index in [4.69, 9.17) is 9.05 Å². The highest BCUT2D eigenvalue weighted by atomic mass is 31.2. The first-order valence-corrected chi connectivity index (χ1v) is 9.77. The SMILES string of the molecule is CCC[NH+](CCC)CP(=O)(OCC(C)C)OCC(C)C. The van der Waals surface area contributed by atoms with E-state index in [-0.39, 0.29) is 0 Å². The number of nitrogens with one attached hydrogen (secondary N) is 1. The molecule has 0 aromatic heterocycles. The van der Waals surface area contributed by atoms with Crippen molar-refractivity contribution in [2.24, 2.45) is 11.8 Å². The average molecular weight is 308 g/mol. The molecule has 0 spiro atoms. The predicted octanol–water partition coefficient (Wildman–Crippen LogP) is 3.19. The zero-order valence-electron chi connectivity index (χ0n) is 14.3. The van der Waals surface area contributed by atoms with Crippen molar-refractivity contribution in [2.75, 3.05) is 32.6 Å². The van der Waals surface area contributed by atoms with Crippen molar-refractivity contribution in [3.8, 4) is 0 Å². The number of hydrogen-bond acceptors (Lipinski definition) is 3. The van der Waals surface area contributed by atoms with Gasteiger partial charge in [0, 0.05) is 0 Å². The zero-order valence-corrected chi connectivity index (χ0v) is 15.2. The summed E-state index contributed by atoms with van der Waals surface area (Å²) >= 11 is 0. The molecule has 0 atom stereocenters.